The van der Waals surface area contributed by atoms with Crippen LogP contribution in [0.5, 0.6) is 0 Å². The van der Waals surface area contributed by atoms with Gasteiger partial charge in [-0.1, -0.05) is 54.6 Å². The molecule has 0 radical (unpaired) electrons. The van der Waals surface area contributed by atoms with Crippen molar-refractivity contribution in [3.05, 3.63) is 84.7 Å². The maximum absolute atomic E-state index is 9.57. The summed E-state index contributed by atoms with van der Waals surface area (Å²) in [6, 6.07) is 23.1. The number of nitrogens with zero attached hydrogens (tertiary/aromatic N) is 2. The van der Waals surface area contributed by atoms with Gasteiger partial charge in [-0.2, -0.15) is 0 Å². The Morgan fingerprint density at radius 3 is 2.25 bits per heavy atom. The maximum Gasteiger partial charge on any atom is 0.126 e. The van der Waals surface area contributed by atoms with Gasteiger partial charge in [-0.3, -0.25) is 4.98 Å². The molecule has 2 aromatic carbocycles. The van der Waals surface area contributed by atoms with Crippen LogP contribution in [-0.4, -0.2) is 21.2 Å². The SMILES string of the molecule is OC1CC(c2ccc(-c3nc(-c4cccnc4)sc3-c3ccccc3)cc2)C1. The van der Waals surface area contributed by atoms with Crippen LogP contribution in [0, 0.1) is 0 Å². The van der Waals surface area contributed by atoms with Crippen LogP contribution in [0.4, 0.5) is 0 Å². The van der Waals surface area contributed by atoms with E-state index in [1.165, 1.54) is 16.0 Å². The van der Waals surface area contributed by atoms with Crippen LogP contribution in [0.3, 0.4) is 0 Å². The van der Waals surface area contributed by atoms with Gasteiger partial charge >= 0.3 is 0 Å². The van der Waals surface area contributed by atoms with Gasteiger partial charge in [0.05, 0.1) is 16.7 Å². The Labute approximate surface area is 168 Å². The number of aromatic nitrogens is 2. The summed E-state index contributed by atoms with van der Waals surface area (Å²) < 4.78 is 0. The topological polar surface area (TPSA) is 46.0 Å². The summed E-state index contributed by atoms with van der Waals surface area (Å²) in [5, 5.41) is 10.6. The molecule has 3 nitrogen and oxygen atoms in total. The highest BCUT2D eigenvalue weighted by molar-refractivity contribution is 7.19. The molecule has 1 fully saturated rings. The van der Waals surface area contributed by atoms with Gasteiger partial charge < -0.3 is 5.11 Å². The summed E-state index contributed by atoms with van der Waals surface area (Å²) in [4.78, 5) is 10.4. The number of rotatable bonds is 4. The van der Waals surface area contributed by atoms with Crippen molar-refractivity contribution in [1.82, 2.24) is 9.97 Å². The van der Waals surface area contributed by atoms with Crippen LogP contribution in [0.25, 0.3) is 32.3 Å². The Hall–Kier alpha value is -2.82. The molecule has 2 heterocycles. The summed E-state index contributed by atoms with van der Waals surface area (Å²) in [5.74, 6) is 0.485. The van der Waals surface area contributed by atoms with E-state index >= 15 is 0 Å². The second-order valence-corrected chi connectivity index (χ2v) is 8.25. The van der Waals surface area contributed by atoms with Crippen LogP contribution in [0.2, 0.25) is 0 Å². The van der Waals surface area contributed by atoms with Gasteiger partial charge in [0.2, 0.25) is 0 Å². The average Bonchev–Trinajstić information content (AvgIpc) is 3.18. The van der Waals surface area contributed by atoms with Crippen LogP contribution >= 0.6 is 11.3 Å². The van der Waals surface area contributed by atoms with E-state index in [4.69, 9.17) is 4.98 Å². The smallest absolute Gasteiger partial charge is 0.126 e. The molecular formula is C24H20N2OS. The number of pyridine rings is 1. The lowest BCUT2D eigenvalue weighted by Gasteiger charge is -2.31. The average molecular weight is 385 g/mol. The molecule has 0 bridgehead atoms. The highest BCUT2D eigenvalue weighted by Gasteiger charge is 2.28. The molecule has 0 atom stereocenters. The zero-order valence-corrected chi connectivity index (χ0v) is 16.1. The van der Waals surface area contributed by atoms with Crippen LogP contribution in [0.1, 0.15) is 24.3 Å². The van der Waals surface area contributed by atoms with Crippen LogP contribution < -0.4 is 0 Å². The standard InChI is InChI=1S/C24H20N2OS/c27-21-13-20(14-21)16-8-10-17(11-9-16)22-23(18-5-2-1-3-6-18)28-24(26-22)19-7-4-12-25-15-19/h1-12,15,20-21,27H,13-14H2. The number of hydrogen-bond donors (Lipinski definition) is 1. The molecule has 0 unspecified atom stereocenters. The highest BCUT2D eigenvalue weighted by Crippen LogP contribution is 2.42. The molecule has 0 spiro atoms. The first-order chi connectivity index (χ1) is 13.8. The summed E-state index contributed by atoms with van der Waals surface area (Å²) >= 11 is 1.70. The van der Waals surface area contributed by atoms with Crippen molar-refractivity contribution < 1.29 is 5.11 Å². The zero-order valence-electron chi connectivity index (χ0n) is 15.3. The molecule has 0 aliphatic heterocycles. The summed E-state index contributed by atoms with van der Waals surface area (Å²) in [7, 11) is 0. The molecule has 0 saturated heterocycles. The molecule has 4 heteroatoms. The normalized spacial score (nSPS) is 18.6. The zero-order chi connectivity index (χ0) is 18.9. The predicted octanol–water partition coefficient (Wildman–Crippen LogP) is 5.78. The predicted molar refractivity (Wildman–Crippen MR) is 114 cm³/mol. The van der Waals surface area contributed by atoms with Gasteiger partial charge in [0.25, 0.3) is 0 Å². The summed E-state index contributed by atoms with van der Waals surface area (Å²) in [6.07, 6.45) is 5.26. The second kappa shape index (κ2) is 7.30. The van der Waals surface area contributed by atoms with E-state index in [0.29, 0.717) is 5.92 Å². The van der Waals surface area contributed by atoms with E-state index < -0.39 is 0 Å². The second-order valence-electron chi connectivity index (χ2n) is 7.25. The van der Waals surface area contributed by atoms with E-state index in [1.807, 2.05) is 18.3 Å². The Morgan fingerprint density at radius 1 is 0.821 bits per heavy atom. The molecule has 138 valence electrons. The van der Waals surface area contributed by atoms with Gasteiger partial charge in [-0.15, -0.1) is 11.3 Å². The van der Waals surface area contributed by atoms with Crippen molar-refractivity contribution in [1.29, 1.82) is 0 Å². The number of benzene rings is 2. The highest BCUT2D eigenvalue weighted by atomic mass is 32.1. The molecule has 1 aliphatic rings. The molecule has 28 heavy (non-hydrogen) atoms. The molecule has 1 saturated carbocycles. The number of aliphatic hydroxyl groups is 1. The number of aliphatic hydroxyl groups excluding tert-OH is 1. The van der Waals surface area contributed by atoms with Crippen molar-refractivity contribution in [2.24, 2.45) is 0 Å². The van der Waals surface area contributed by atoms with Crippen LogP contribution in [0.15, 0.2) is 79.1 Å². The molecule has 1 N–H and O–H groups in total. The van der Waals surface area contributed by atoms with Crippen molar-refractivity contribution in [2.75, 3.05) is 0 Å². The van der Waals surface area contributed by atoms with Crippen LogP contribution in [-0.2, 0) is 0 Å². The summed E-state index contributed by atoms with van der Waals surface area (Å²) in [5.41, 5.74) is 5.65. The molecule has 2 aromatic heterocycles. The first kappa shape index (κ1) is 17.3. The van der Waals surface area contributed by atoms with Gasteiger partial charge in [0.15, 0.2) is 0 Å². The van der Waals surface area contributed by atoms with Gasteiger partial charge in [0.1, 0.15) is 5.01 Å². The lowest BCUT2D eigenvalue weighted by atomic mass is 9.77. The number of thiazole rings is 1. The van der Waals surface area contributed by atoms with E-state index in [0.717, 1.165) is 34.7 Å². The van der Waals surface area contributed by atoms with Crippen molar-refractivity contribution >= 4 is 11.3 Å². The first-order valence-electron chi connectivity index (χ1n) is 9.53. The lowest BCUT2D eigenvalue weighted by Crippen LogP contribution is -2.26. The minimum Gasteiger partial charge on any atom is -0.393 e. The lowest BCUT2D eigenvalue weighted by molar-refractivity contribution is 0.0746. The monoisotopic (exact) mass is 384 g/mol. The van der Waals surface area contributed by atoms with E-state index in [2.05, 4.69) is 59.6 Å². The Balaban J connectivity index is 1.56. The number of hydrogen-bond acceptors (Lipinski definition) is 4. The molecule has 5 rings (SSSR count). The van der Waals surface area contributed by atoms with Gasteiger partial charge in [-0.05, 0) is 42.0 Å². The largest absolute Gasteiger partial charge is 0.393 e. The third-order valence-corrected chi connectivity index (χ3v) is 6.49. The van der Waals surface area contributed by atoms with E-state index in [9.17, 15) is 5.11 Å². The van der Waals surface area contributed by atoms with Gasteiger partial charge in [-0.25, -0.2) is 4.98 Å². The fourth-order valence-corrected chi connectivity index (χ4v) is 4.77. The van der Waals surface area contributed by atoms with E-state index in [-0.39, 0.29) is 6.10 Å². The minimum atomic E-state index is -0.130. The third-order valence-electron chi connectivity index (χ3n) is 5.34. The fourth-order valence-electron chi connectivity index (χ4n) is 3.69. The molecule has 0 amide bonds. The fraction of sp³-hybridized carbons (Fsp3) is 0.167. The molecule has 1 aliphatic carbocycles. The third kappa shape index (κ3) is 3.26. The Morgan fingerprint density at radius 2 is 1.57 bits per heavy atom. The quantitative estimate of drug-likeness (QED) is 0.485. The minimum absolute atomic E-state index is 0.130. The van der Waals surface area contributed by atoms with Crippen molar-refractivity contribution in [3.63, 3.8) is 0 Å². The van der Waals surface area contributed by atoms with Gasteiger partial charge in [0, 0.05) is 23.5 Å². The van der Waals surface area contributed by atoms with E-state index in [1.54, 1.807) is 17.5 Å². The first-order valence-corrected chi connectivity index (χ1v) is 10.3. The molecule has 4 aromatic rings. The van der Waals surface area contributed by atoms with Crippen molar-refractivity contribution in [2.45, 2.75) is 24.9 Å². The Bertz CT molecular complexity index is 1070. The maximum atomic E-state index is 9.57. The molecular weight excluding hydrogens is 364 g/mol. The Kier molecular flexibility index (Phi) is 4.51. The van der Waals surface area contributed by atoms with Crippen molar-refractivity contribution in [3.8, 4) is 32.3 Å². The summed E-state index contributed by atoms with van der Waals surface area (Å²) in [6.45, 7) is 0.